The Labute approximate surface area is 413 Å². The summed E-state index contributed by atoms with van der Waals surface area (Å²) in [5.74, 6) is 0.973. The van der Waals surface area contributed by atoms with Crippen molar-refractivity contribution < 1.29 is 0 Å². The van der Waals surface area contributed by atoms with Crippen LogP contribution in [0.5, 0.6) is 0 Å². The monoisotopic (exact) mass is 898 g/mol. The zero-order valence-electron chi connectivity index (χ0n) is 41.6. The van der Waals surface area contributed by atoms with Crippen molar-refractivity contribution in [1.29, 1.82) is 0 Å². The number of fused-ring (bicyclic) bond motifs is 10. The van der Waals surface area contributed by atoms with Gasteiger partial charge >= 0.3 is 0 Å². The van der Waals surface area contributed by atoms with Crippen molar-refractivity contribution in [2.24, 2.45) is 0 Å². The Morgan fingerprint density at radius 1 is 0.271 bits per heavy atom. The van der Waals surface area contributed by atoms with E-state index in [0.717, 1.165) is 0 Å². The molecular formula is C70H58. The molecule has 13 rings (SSSR count). The first-order valence-electron chi connectivity index (χ1n) is 25.4. The highest BCUT2D eigenvalue weighted by Gasteiger charge is 2.37. The first-order chi connectivity index (χ1) is 33.8. The summed E-state index contributed by atoms with van der Waals surface area (Å²) in [4.78, 5) is 0. The molecule has 0 fully saturated rings. The van der Waals surface area contributed by atoms with Gasteiger partial charge in [-0.1, -0.05) is 213 Å². The van der Waals surface area contributed by atoms with Gasteiger partial charge in [0.1, 0.15) is 0 Å². The predicted molar refractivity (Wildman–Crippen MR) is 302 cm³/mol. The summed E-state index contributed by atoms with van der Waals surface area (Å²) >= 11 is 0. The van der Waals surface area contributed by atoms with Crippen LogP contribution in [-0.2, 0) is 10.8 Å². The lowest BCUT2D eigenvalue weighted by Gasteiger charge is -2.23. The molecule has 0 atom stereocenters. The Morgan fingerprint density at radius 3 is 1.00 bits per heavy atom. The minimum Gasteiger partial charge on any atom is -0.0616 e. The zero-order valence-corrected chi connectivity index (χ0v) is 41.6. The molecule has 0 heteroatoms. The molecule has 0 bridgehead atoms. The molecule has 0 aliphatic heterocycles. The van der Waals surface area contributed by atoms with Crippen LogP contribution in [-0.4, -0.2) is 0 Å². The molecule has 2 aliphatic rings. The smallest absolute Gasteiger partial charge is 0.0159 e. The highest BCUT2D eigenvalue weighted by atomic mass is 14.4. The van der Waals surface area contributed by atoms with Crippen molar-refractivity contribution >= 4 is 43.1 Å². The maximum atomic E-state index is 2.50. The molecule has 0 aromatic heterocycles. The number of hydrogen-bond donors (Lipinski definition) is 0. The van der Waals surface area contributed by atoms with E-state index in [4.69, 9.17) is 0 Å². The van der Waals surface area contributed by atoms with Crippen LogP contribution in [0.15, 0.2) is 194 Å². The normalized spacial score (nSPS) is 14.2. The van der Waals surface area contributed by atoms with E-state index in [9.17, 15) is 0 Å². The first kappa shape index (κ1) is 42.6. The largest absolute Gasteiger partial charge is 0.0616 e. The van der Waals surface area contributed by atoms with Gasteiger partial charge < -0.3 is 0 Å². The maximum absolute atomic E-state index is 2.50. The second-order valence-electron chi connectivity index (χ2n) is 22.1. The molecule has 0 heterocycles. The van der Waals surface area contributed by atoms with Gasteiger partial charge in [0.2, 0.25) is 0 Å². The summed E-state index contributed by atoms with van der Waals surface area (Å²) in [6.07, 6.45) is 0. The van der Waals surface area contributed by atoms with Crippen LogP contribution in [0.25, 0.3) is 110 Å². The maximum Gasteiger partial charge on any atom is 0.0159 e. The van der Waals surface area contributed by atoms with E-state index in [1.54, 1.807) is 0 Å². The van der Waals surface area contributed by atoms with E-state index in [2.05, 4.69) is 250 Å². The number of hydrogen-bond acceptors (Lipinski definition) is 0. The lowest BCUT2D eigenvalue weighted by Crippen LogP contribution is -2.15. The van der Waals surface area contributed by atoms with E-state index in [1.165, 1.54) is 143 Å². The molecular weight excluding hydrogens is 841 g/mol. The van der Waals surface area contributed by atoms with Crippen LogP contribution >= 0.6 is 0 Å². The lowest BCUT2D eigenvalue weighted by molar-refractivity contribution is 0.658. The standard InChI is InChI=1S/C70H58/c1-41(2)45-21-27-55-57-29-23-51(39-65(57)69(5,6)63(55)37-45)49-25-31-59-61(35-49)67(53-19-17-43-13-9-11-15-47(43)33-53)60-32-26-50(36-62(60)68(59)54-20-18-44-14-10-12-16-48(44)34-54)52-24-30-58-56-28-22-46(42(3)4)38-64(56)70(7,8)66(58)40-52/h9-42H,1-8H3. The molecule has 0 amide bonds. The lowest BCUT2D eigenvalue weighted by atomic mass is 9.80. The fourth-order valence-corrected chi connectivity index (χ4v) is 12.5. The van der Waals surface area contributed by atoms with Gasteiger partial charge in [0.25, 0.3) is 0 Å². The van der Waals surface area contributed by atoms with Crippen molar-refractivity contribution in [3.63, 3.8) is 0 Å². The van der Waals surface area contributed by atoms with E-state index < -0.39 is 0 Å². The van der Waals surface area contributed by atoms with Gasteiger partial charge in [-0.25, -0.2) is 0 Å². The summed E-state index contributed by atoms with van der Waals surface area (Å²) in [6, 6.07) is 75.0. The van der Waals surface area contributed by atoms with Gasteiger partial charge in [-0.2, -0.15) is 0 Å². The van der Waals surface area contributed by atoms with Crippen molar-refractivity contribution in [3.05, 3.63) is 228 Å². The Balaban J connectivity index is 1.05. The Kier molecular flexibility index (Phi) is 9.41. The van der Waals surface area contributed by atoms with E-state index in [-0.39, 0.29) is 10.8 Å². The summed E-state index contributed by atoms with van der Waals surface area (Å²) < 4.78 is 0. The minimum absolute atomic E-state index is 0.105. The van der Waals surface area contributed by atoms with Crippen LogP contribution in [0, 0.1) is 0 Å². The molecule has 2 aliphatic carbocycles. The Hall–Kier alpha value is -7.54. The van der Waals surface area contributed by atoms with Gasteiger partial charge in [-0.05, 0) is 191 Å². The van der Waals surface area contributed by atoms with Crippen molar-refractivity contribution in [2.45, 2.75) is 78.1 Å². The first-order valence-corrected chi connectivity index (χ1v) is 25.4. The molecule has 338 valence electrons. The van der Waals surface area contributed by atoms with Crippen LogP contribution in [0.4, 0.5) is 0 Å². The molecule has 0 unspecified atom stereocenters. The van der Waals surface area contributed by atoms with E-state index in [0.29, 0.717) is 11.8 Å². The molecule has 0 radical (unpaired) electrons. The molecule has 0 spiro atoms. The molecule has 0 saturated carbocycles. The van der Waals surface area contributed by atoms with Gasteiger partial charge in [-0.3, -0.25) is 0 Å². The van der Waals surface area contributed by atoms with Gasteiger partial charge in [-0.15, -0.1) is 0 Å². The number of benzene rings is 11. The van der Waals surface area contributed by atoms with Gasteiger partial charge in [0.15, 0.2) is 0 Å². The SMILES string of the molecule is CC(C)c1ccc2c(c1)C(C)(C)c1cc(-c3ccc4c(-c5ccc6ccccc6c5)c5cc(-c6ccc7c(c6)C(C)(C)c6cc(C(C)C)ccc6-7)ccc5c(-c5ccc6ccccc6c5)c4c3)ccc1-2. The second kappa shape index (κ2) is 15.5. The van der Waals surface area contributed by atoms with Crippen LogP contribution in [0.3, 0.4) is 0 Å². The van der Waals surface area contributed by atoms with E-state index in [1.807, 2.05) is 0 Å². The molecule has 0 saturated heterocycles. The fraction of sp³-hybridized carbons (Fsp3) is 0.171. The third kappa shape index (κ3) is 6.42. The highest BCUT2D eigenvalue weighted by molar-refractivity contribution is 6.23. The topological polar surface area (TPSA) is 0 Å². The van der Waals surface area contributed by atoms with E-state index >= 15 is 0 Å². The fourth-order valence-electron chi connectivity index (χ4n) is 12.5. The molecule has 11 aromatic carbocycles. The Morgan fingerprint density at radius 2 is 0.600 bits per heavy atom. The zero-order chi connectivity index (χ0) is 47.8. The van der Waals surface area contributed by atoms with Crippen LogP contribution in [0.2, 0.25) is 0 Å². The third-order valence-corrected chi connectivity index (χ3v) is 16.6. The third-order valence-electron chi connectivity index (χ3n) is 16.6. The van der Waals surface area contributed by atoms with Crippen molar-refractivity contribution in [3.8, 4) is 66.8 Å². The molecule has 0 N–H and O–H groups in total. The van der Waals surface area contributed by atoms with Crippen molar-refractivity contribution in [2.75, 3.05) is 0 Å². The summed E-state index contributed by atoms with van der Waals surface area (Å²) in [5.41, 5.74) is 23.7. The van der Waals surface area contributed by atoms with Gasteiger partial charge in [0.05, 0.1) is 0 Å². The molecule has 70 heavy (non-hydrogen) atoms. The second-order valence-corrected chi connectivity index (χ2v) is 22.1. The molecule has 0 nitrogen and oxygen atoms in total. The highest BCUT2D eigenvalue weighted by Crippen LogP contribution is 2.53. The summed E-state index contributed by atoms with van der Waals surface area (Å²) in [6.45, 7) is 18.8. The van der Waals surface area contributed by atoms with Crippen LogP contribution < -0.4 is 0 Å². The Bertz CT molecular complexity index is 3740. The minimum atomic E-state index is -0.105. The predicted octanol–water partition coefficient (Wildman–Crippen LogP) is 19.8. The van der Waals surface area contributed by atoms with Gasteiger partial charge in [0, 0.05) is 10.8 Å². The average molecular weight is 899 g/mol. The van der Waals surface area contributed by atoms with Crippen molar-refractivity contribution in [1.82, 2.24) is 0 Å². The quantitative estimate of drug-likeness (QED) is 0.146. The number of rotatable bonds is 6. The summed E-state index contributed by atoms with van der Waals surface area (Å²) in [5, 5.41) is 10.0. The molecule has 11 aromatic rings. The average Bonchev–Trinajstić information content (AvgIpc) is 3.75. The summed E-state index contributed by atoms with van der Waals surface area (Å²) in [7, 11) is 0. The van der Waals surface area contributed by atoms with Crippen LogP contribution in [0.1, 0.15) is 101 Å².